The van der Waals surface area contributed by atoms with Crippen molar-refractivity contribution in [2.24, 2.45) is 0 Å². The minimum atomic E-state index is -0.0602. The first-order valence-corrected chi connectivity index (χ1v) is 5.67. The van der Waals surface area contributed by atoms with Gasteiger partial charge in [-0.15, -0.1) is 0 Å². The first kappa shape index (κ1) is 13.4. The van der Waals surface area contributed by atoms with E-state index in [0.717, 1.165) is 18.5 Å². The Morgan fingerprint density at radius 2 is 1.29 bits per heavy atom. The van der Waals surface area contributed by atoms with Gasteiger partial charge in [0.05, 0.1) is 0 Å². The number of hydrogen-bond acceptors (Lipinski definition) is 3. The van der Waals surface area contributed by atoms with Crippen LogP contribution in [0.4, 0.5) is 0 Å². The Hall–Kier alpha value is -1.65. The van der Waals surface area contributed by atoms with Crippen molar-refractivity contribution >= 4 is 17.7 Å². The van der Waals surface area contributed by atoms with Crippen molar-refractivity contribution in [1.29, 1.82) is 0 Å². The molecular formula is C12H18N2O3. The van der Waals surface area contributed by atoms with Gasteiger partial charge in [-0.25, -0.2) is 0 Å². The molecule has 0 atom stereocenters. The van der Waals surface area contributed by atoms with Gasteiger partial charge in [-0.05, 0) is 12.8 Å². The second-order valence-corrected chi connectivity index (χ2v) is 4.22. The van der Waals surface area contributed by atoms with Gasteiger partial charge in [-0.3, -0.25) is 19.3 Å². The smallest absolute Gasteiger partial charge is 0.229 e. The number of carbonyl (C=O) groups excluding carboxylic acids is 3. The molecule has 0 N–H and O–H groups in total. The normalized spacial score (nSPS) is 20.6. The molecule has 0 unspecified atom stereocenters. The maximum absolute atomic E-state index is 10.9. The topological polar surface area (TPSA) is 57.7 Å². The fourth-order valence-electron chi connectivity index (χ4n) is 1.64. The van der Waals surface area contributed by atoms with E-state index in [4.69, 9.17) is 0 Å². The SMILES string of the molecule is C=C1CCCC(=O)N1C.CN1C(=O)CCC1=O. The summed E-state index contributed by atoms with van der Waals surface area (Å²) in [6.07, 6.45) is 3.43. The molecule has 0 radical (unpaired) electrons. The molecule has 3 amide bonds. The van der Waals surface area contributed by atoms with Crippen LogP contribution in [-0.2, 0) is 14.4 Å². The third-order valence-electron chi connectivity index (χ3n) is 3.01. The highest BCUT2D eigenvalue weighted by Crippen LogP contribution is 2.16. The van der Waals surface area contributed by atoms with Crippen LogP contribution in [0.25, 0.3) is 0 Å². The minimum absolute atomic E-state index is 0.0602. The van der Waals surface area contributed by atoms with E-state index in [0.29, 0.717) is 19.3 Å². The molecule has 0 bridgehead atoms. The molecule has 0 aromatic rings. The highest BCUT2D eigenvalue weighted by molar-refractivity contribution is 6.01. The van der Waals surface area contributed by atoms with Gasteiger partial charge >= 0.3 is 0 Å². The molecule has 17 heavy (non-hydrogen) atoms. The largest absolute Gasteiger partial charge is 0.320 e. The van der Waals surface area contributed by atoms with Gasteiger partial charge in [0, 0.05) is 39.1 Å². The Bertz CT molecular complexity index is 331. The van der Waals surface area contributed by atoms with Gasteiger partial charge in [0.25, 0.3) is 0 Å². The number of carbonyl (C=O) groups is 3. The number of piperidine rings is 1. The second-order valence-electron chi connectivity index (χ2n) is 4.22. The summed E-state index contributed by atoms with van der Waals surface area (Å²) in [6, 6.07) is 0. The van der Waals surface area contributed by atoms with Crippen molar-refractivity contribution in [2.75, 3.05) is 14.1 Å². The molecule has 0 saturated carbocycles. The van der Waals surface area contributed by atoms with Crippen LogP contribution in [-0.4, -0.2) is 41.6 Å². The third kappa shape index (κ3) is 3.41. The van der Waals surface area contributed by atoms with Gasteiger partial charge in [-0.1, -0.05) is 6.58 Å². The van der Waals surface area contributed by atoms with Crippen LogP contribution >= 0.6 is 0 Å². The average molecular weight is 238 g/mol. The molecule has 94 valence electrons. The summed E-state index contributed by atoms with van der Waals surface area (Å²) in [5.41, 5.74) is 0.950. The predicted octanol–water partition coefficient (Wildman–Crippen LogP) is 0.908. The van der Waals surface area contributed by atoms with Crippen molar-refractivity contribution < 1.29 is 14.4 Å². The van der Waals surface area contributed by atoms with Crippen LogP contribution in [0.15, 0.2) is 12.3 Å². The maximum atomic E-state index is 10.9. The molecule has 0 aromatic carbocycles. The second kappa shape index (κ2) is 5.61. The van der Waals surface area contributed by atoms with Crippen LogP contribution in [0.5, 0.6) is 0 Å². The van der Waals surface area contributed by atoms with Crippen molar-refractivity contribution in [3.05, 3.63) is 12.3 Å². The molecule has 0 aliphatic carbocycles. The molecule has 2 aliphatic heterocycles. The summed E-state index contributed by atoms with van der Waals surface area (Å²) in [5, 5.41) is 0. The number of likely N-dealkylation sites (tertiary alicyclic amines) is 2. The van der Waals surface area contributed by atoms with Crippen molar-refractivity contribution in [3.8, 4) is 0 Å². The number of imide groups is 1. The summed E-state index contributed by atoms with van der Waals surface area (Å²) in [5.74, 6) is 0.0799. The Morgan fingerprint density at radius 3 is 1.59 bits per heavy atom. The van der Waals surface area contributed by atoms with Crippen LogP contribution in [0, 0.1) is 0 Å². The fourth-order valence-corrected chi connectivity index (χ4v) is 1.64. The lowest BCUT2D eigenvalue weighted by molar-refractivity contribution is -0.136. The number of amides is 3. The van der Waals surface area contributed by atoms with Crippen LogP contribution in [0.3, 0.4) is 0 Å². The van der Waals surface area contributed by atoms with Gasteiger partial charge < -0.3 is 4.90 Å². The molecule has 2 rings (SSSR count). The molecule has 2 aliphatic rings. The number of nitrogens with zero attached hydrogens (tertiary/aromatic N) is 2. The maximum Gasteiger partial charge on any atom is 0.229 e. The molecule has 0 spiro atoms. The van der Waals surface area contributed by atoms with E-state index in [-0.39, 0.29) is 17.7 Å². The van der Waals surface area contributed by atoms with Gasteiger partial charge in [0.1, 0.15) is 0 Å². The summed E-state index contributed by atoms with van der Waals surface area (Å²) in [6.45, 7) is 3.75. The number of allylic oxidation sites excluding steroid dienone is 1. The lowest BCUT2D eigenvalue weighted by Crippen LogP contribution is -2.28. The van der Waals surface area contributed by atoms with Crippen LogP contribution in [0.1, 0.15) is 32.1 Å². The lowest BCUT2D eigenvalue weighted by Gasteiger charge is -2.24. The van der Waals surface area contributed by atoms with E-state index in [1.165, 1.54) is 11.9 Å². The van der Waals surface area contributed by atoms with E-state index >= 15 is 0 Å². The zero-order valence-electron chi connectivity index (χ0n) is 10.4. The van der Waals surface area contributed by atoms with E-state index in [1.807, 2.05) is 0 Å². The Labute approximate surface area is 101 Å². The molecule has 2 heterocycles. The molecular weight excluding hydrogens is 220 g/mol. The zero-order valence-corrected chi connectivity index (χ0v) is 10.4. The minimum Gasteiger partial charge on any atom is -0.320 e. The molecule has 5 nitrogen and oxygen atoms in total. The molecule has 2 fully saturated rings. The first-order valence-electron chi connectivity index (χ1n) is 5.67. The molecule has 5 heteroatoms. The molecule has 2 saturated heterocycles. The van der Waals surface area contributed by atoms with Gasteiger partial charge in [-0.2, -0.15) is 0 Å². The van der Waals surface area contributed by atoms with E-state index in [1.54, 1.807) is 11.9 Å². The number of rotatable bonds is 0. The Balaban J connectivity index is 0.000000171. The predicted molar refractivity (Wildman–Crippen MR) is 62.8 cm³/mol. The summed E-state index contributed by atoms with van der Waals surface area (Å²) >= 11 is 0. The first-order chi connectivity index (χ1) is 7.93. The zero-order chi connectivity index (χ0) is 13.0. The standard InChI is InChI=1S/C7H11NO.C5H7NO2/c1-6-4-3-5-7(9)8(6)2;1-6-4(7)2-3-5(6)8/h1,3-5H2,2H3;2-3H2,1H3. The third-order valence-corrected chi connectivity index (χ3v) is 3.01. The summed E-state index contributed by atoms with van der Waals surface area (Å²) in [4.78, 5) is 34.7. The van der Waals surface area contributed by atoms with E-state index in [2.05, 4.69) is 6.58 Å². The summed E-state index contributed by atoms with van der Waals surface area (Å²) in [7, 11) is 3.29. The number of hydrogen-bond donors (Lipinski definition) is 0. The Morgan fingerprint density at radius 1 is 0.824 bits per heavy atom. The van der Waals surface area contributed by atoms with Crippen LogP contribution in [0.2, 0.25) is 0 Å². The van der Waals surface area contributed by atoms with Gasteiger partial charge in [0.15, 0.2) is 0 Å². The summed E-state index contributed by atoms with van der Waals surface area (Å²) < 4.78 is 0. The van der Waals surface area contributed by atoms with Crippen LogP contribution < -0.4 is 0 Å². The quantitative estimate of drug-likeness (QED) is 0.589. The van der Waals surface area contributed by atoms with Gasteiger partial charge in [0.2, 0.25) is 17.7 Å². The average Bonchev–Trinajstić information content (AvgIpc) is 2.58. The monoisotopic (exact) mass is 238 g/mol. The lowest BCUT2D eigenvalue weighted by atomic mass is 10.1. The Kier molecular flexibility index (Phi) is 4.43. The van der Waals surface area contributed by atoms with Crippen molar-refractivity contribution in [3.63, 3.8) is 0 Å². The van der Waals surface area contributed by atoms with Crippen molar-refractivity contribution in [1.82, 2.24) is 9.80 Å². The van der Waals surface area contributed by atoms with E-state index in [9.17, 15) is 14.4 Å². The van der Waals surface area contributed by atoms with E-state index < -0.39 is 0 Å². The fraction of sp³-hybridized carbons (Fsp3) is 0.583. The van der Waals surface area contributed by atoms with Crippen molar-refractivity contribution in [2.45, 2.75) is 32.1 Å². The highest BCUT2D eigenvalue weighted by Gasteiger charge is 2.24. The molecule has 0 aromatic heterocycles. The highest BCUT2D eigenvalue weighted by atomic mass is 16.2.